The van der Waals surface area contributed by atoms with E-state index in [1.54, 1.807) is 18.2 Å². The van der Waals surface area contributed by atoms with Crippen molar-refractivity contribution in [2.45, 2.75) is 4.90 Å². The molecule has 0 bridgehead atoms. The molecule has 4 rings (SSSR count). The molecule has 31 heavy (non-hydrogen) atoms. The first-order valence-corrected chi connectivity index (χ1v) is 11.5. The van der Waals surface area contributed by atoms with E-state index in [9.17, 15) is 23.4 Å². The molecule has 9 nitrogen and oxygen atoms in total. The number of carboxylic acids is 1. The Labute approximate surface area is 186 Å². The summed E-state index contributed by atoms with van der Waals surface area (Å²) in [5.74, 6) is -1.78. The van der Waals surface area contributed by atoms with Gasteiger partial charge in [0.1, 0.15) is 16.2 Å². The van der Waals surface area contributed by atoms with Crippen LogP contribution >= 0.6 is 15.9 Å². The molecule has 1 saturated heterocycles. The van der Waals surface area contributed by atoms with Crippen LogP contribution in [0.15, 0.2) is 52.0 Å². The SMILES string of the molecule is O=C(O)c1c(O)cccc1Nc1c(S(=O)(=O)N2CCOCC2)cnc2ccc(Br)cc12. The molecule has 1 aliphatic rings. The van der Waals surface area contributed by atoms with Gasteiger partial charge in [-0.3, -0.25) is 4.98 Å². The zero-order valence-corrected chi connectivity index (χ0v) is 18.5. The molecule has 3 aromatic rings. The van der Waals surface area contributed by atoms with Gasteiger partial charge in [-0.05, 0) is 30.3 Å². The Kier molecular flexibility index (Phi) is 5.84. The van der Waals surface area contributed by atoms with Crippen molar-refractivity contribution in [1.29, 1.82) is 0 Å². The molecule has 0 saturated carbocycles. The van der Waals surface area contributed by atoms with Gasteiger partial charge < -0.3 is 20.3 Å². The number of nitrogens with one attached hydrogen (secondary N) is 1. The molecule has 0 radical (unpaired) electrons. The van der Waals surface area contributed by atoms with Crippen LogP contribution in [0.1, 0.15) is 10.4 Å². The number of carboxylic acid groups (broad SMARTS) is 1. The van der Waals surface area contributed by atoms with Gasteiger partial charge >= 0.3 is 5.97 Å². The summed E-state index contributed by atoms with van der Waals surface area (Å²) >= 11 is 3.39. The number of phenols is 1. The predicted octanol–water partition coefficient (Wildman–Crippen LogP) is 3.17. The molecular formula is C20H18BrN3O6S. The monoisotopic (exact) mass is 507 g/mol. The molecule has 2 heterocycles. The van der Waals surface area contributed by atoms with Crippen LogP contribution in [0, 0.1) is 0 Å². The van der Waals surface area contributed by atoms with Gasteiger partial charge in [-0.2, -0.15) is 4.31 Å². The molecule has 11 heteroatoms. The fourth-order valence-corrected chi connectivity index (χ4v) is 5.27. The number of pyridine rings is 1. The third-order valence-electron chi connectivity index (χ3n) is 4.90. The van der Waals surface area contributed by atoms with Crippen molar-refractivity contribution in [1.82, 2.24) is 9.29 Å². The molecule has 162 valence electrons. The van der Waals surface area contributed by atoms with Crippen molar-refractivity contribution >= 4 is 54.2 Å². The highest BCUT2D eigenvalue weighted by Gasteiger charge is 2.31. The highest BCUT2D eigenvalue weighted by Crippen LogP contribution is 2.37. The maximum absolute atomic E-state index is 13.4. The van der Waals surface area contributed by atoms with Gasteiger partial charge in [0.25, 0.3) is 0 Å². The summed E-state index contributed by atoms with van der Waals surface area (Å²) < 4.78 is 34.1. The lowest BCUT2D eigenvalue weighted by atomic mass is 10.1. The van der Waals surface area contributed by atoms with Crippen molar-refractivity contribution in [3.63, 3.8) is 0 Å². The second-order valence-electron chi connectivity index (χ2n) is 6.81. The smallest absolute Gasteiger partial charge is 0.341 e. The Morgan fingerprint density at radius 3 is 2.65 bits per heavy atom. The second kappa shape index (κ2) is 8.42. The maximum Gasteiger partial charge on any atom is 0.341 e. The first-order chi connectivity index (χ1) is 14.8. The molecule has 1 aromatic heterocycles. The first kappa shape index (κ1) is 21.5. The van der Waals surface area contributed by atoms with Crippen molar-refractivity contribution in [2.75, 3.05) is 31.6 Å². The minimum absolute atomic E-state index is 0.0541. The van der Waals surface area contributed by atoms with Gasteiger partial charge in [0.2, 0.25) is 10.0 Å². The third kappa shape index (κ3) is 4.09. The van der Waals surface area contributed by atoms with E-state index < -0.39 is 21.7 Å². The molecule has 3 N–H and O–H groups in total. The molecule has 0 spiro atoms. The van der Waals surface area contributed by atoms with E-state index in [4.69, 9.17) is 4.74 Å². The number of aromatic carboxylic acids is 1. The highest BCUT2D eigenvalue weighted by molar-refractivity contribution is 9.10. The number of carbonyl (C=O) groups is 1. The van der Waals surface area contributed by atoms with Crippen LogP contribution < -0.4 is 5.32 Å². The van der Waals surface area contributed by atoms with E-state index in [1.807, 2.05) is 0 Å². The second-order valence-corrected chi connectivity index (χ2v) is 9.63. The van der Waals surface area contributed by atoms with E-state index in [1.165, 1.54) is 28.7 Å². The van der Waals surface area contributed by atoms with Gasteiger partial charge in [0.15, 0.2) is 0 Å². The van der Waals surface area contributed by atoms with Crippen LogP contribution in [0.3, 0.4) is 0 Å². The van der Waals surface area contributed by atoms with E-state index in [0.717, 1.165) is 0 Å². The fourth-order valence-electron chi connectivity index (χ4n) is 3.40. The van der Waals surface area contributed by atoms with E-state index in [2.05, 4.69) is 26.2 Å². The number of hydrogen-bond acceptors (Lipinski definition) is 7. The van der Waals surface area contributed by atoms with Gasteiger partial charge in [0.05, 0.1) is 30.1 Å². The minimum Gasteiger partial charge on any atom is -0.507 e. The van der Waals surface area contributed by atoms with Gasteiger partial charge in [0, 0.05) is 29.1 Å². The summed E-state index contributed by atoms with van der Waals surface area (Å²) in [5.41, 5.74) is 0.380. The Hall–Kier alpha value is -2.73. The summed E-state index contributed by atoms with van der Waals surface area (Å²) in [6.07, 6.45) is 1.26. The number of hydrogen-bond donors (Lipinski definition) is 3. The Bertz CT molecular complexity index is 1280. The molecule has 2 aromatic carbocycles. The zero-order valence-electron chi connectivity index (χ0n) is 16.1. The lowest BCUT2D eigenvalue weighted by molar-refractivity contribution is 0.0695. The summed E-state index contributed by atoms with van der Waals surface area (Å²) in [4.78, 5) is 15.9. The van der Waals surface area contributed by atoms with E-state index >= 15 is 0 Å². The van der Waals surface area contributed by atoms with Crippen LogP contribution in [-0.2, 0) is 14.8 Å². The summed E-state index contributed by atoms with van der Waals surface area (Å²) in [6, 6.07) is 9.37. The molecule has 1 aliphatic heterocycles. The van der Waals surface area contributed by atoms with Crippen molar-refractivity contribution in [3.8, 4) is 5.75 Å². The number of anilines is 2. The average molecular weight is 508 g/mol. The topological polar surface area (TPSA) is 129 Å². The molecule has 0 aliphatic carbocycles. The van der Waals surface area contributed by atoms with Crippen LogP contribution in [0.4, 0.5) is 11.4 Å². The largest absolute Gasteiger partial charge is 0.507 e. The number of ether oxygens (including phenoxy) is 1. The molecular weight excluding hydrogens is 490 g/mol. The molecule has 1 fully saturated rings. The molecule has 0 atom stereocenters. The highest BCUT2D eigenvalue weighted by atomic mass is 79.9. The third-order valence-corrected chi connectivity index (χ3v) is 7.30. The number of rotatable bonds is 5. The Balaban J connectivity index is 1.95. The number of sulfonamides is 1. The molecule has 0 unspecified atom stereocenters. The molecule has 0 amide bonds. The van der Waals surface area contributed by atoms with Gasteiger partial charge in [-0.1, -0.05) is 22.0 Å². The number of fused-ring (bicyclic) bond motifs is 1. The van der Waals surface area contributed by atoms with Crippen LogP contribution in [0.25, 0.3) is 10.9 Å². The number of aromatic hydroxyl groups is 1. The van der Waals surface area contributed by atoms with Crippen LogP contribution in [0.5, 0.6) is 5.75 Å². The van der Waals surface area contributed by atoms with Crippen LogP contribution in [0.2, 0.25) is 0 Å². The predicted molar refractivity (Wildman–Crippen MR) is 117 cm³/mol. The zero-order chi connectivity index (χ0) is 22.2. The first-order valence-electron chi connectivity index (χ1n) is 9.27. The Morgan fingerprint density at radius 2 is 1.94 bits per heavy atom. The summed E-state index contributed by atoms with van der Waals surface area (Å²) in [6.45, 7) is 0.962. The number of benzene rings is 2. The van der Waals surface area contributed by atoms with E-state index in [0.29, 0.717) is 15.4 Å². The Morgan fingerprint density at radius 1 is 1.19 bits per heavy atom. The maximum atomic E-state index is 13.4. The minimum atomic E-state index is -3.96. The van der Waals surface area contributed by atoms with Gasteiger partial charge in [-0.15, -0.1) is 0 Å². The fraction of sp³-hybridized carbons (Fsp3) is 0.200. The lowest BCUT2D eigenvalue weighted by Gasteiger charge is -2.27. The average Bonchev–Trinajstić information content (AvgIpc) is 2.74. The standard InChI is InChI=1S/C20H18BrN3O6S/c21-12-4-5-14-13(10-12)19(23-15-2-1-3-16(25)18(15)20(26)27)17(11-22-14)31(28,29)24-6-8-30-9-7-24/h1-5,10-11,25H,6-9H2,(H,22,23)(H,26,27). The number of nitrogens with zero attached hydrogens (tertiary/aromatic N) is 2. The lowest BCUT2D eigenvalue weighted by Crippen LogP contribution is -2.40. The summed E-state index contributed by atoms with van der Waals surface area (Å²) in [7, 11) is -3.96. The quantitative estimate of drug-likeness (QED) is 0.480. The van der Waals surface area contributed by atoms with Crippen molar-refractivity contribution < 1.29 is 28.2 Å². The number of aromatic nitrogens is 1. The van der Waals surface area contributed by atoms with E-state index in [-0.39, 0.29) is 48.1 Å². The normalized spacial score (nSPS) is 15.1. The number of halogens is 1. The van der Waals surface area contributed by atoms with Crippen LogP contribution in [-0.4, -0.2) is 60.2 Å². The summed E-state index contributed by atoms with van der Waals surface area (Å²) in [5, 5.41) is 23.0. The van der Waals surface area contributed by atoms with Crippen molar-refractivity contribution in [3.05, 3.63) is 52.6 Å². The van der Waals surface area contributed by atoms with Crippen molar-refractivity contribution in [2.24, 2.45) is 0 Å². The van der Waals surface area contributed by atoms with Gasteiger partial charge in [-0.25, -0.2) is 13.2 Å². The number of morpholine rings is 1.